The van der Waals surface area contributed by atoms with Crippen LogP contribution in [0.1, 0.15) is 5.56 Å². The van der Waals surface area contributed by atoms with E-state index in [9.17, 15) is 4.39 Å². The van der Waals surface area contributed by atoms with Gasteiger partial charge in [-0.15, -0.1) is 0 Å². The highest BCUT2D eigenvalue weighted by Gasteiger charge is 2.07. The molecule has 0 radical (unpaired) electrons. The van der Waals surface area contributed by atoms with E-state index >= 15 is 0 Å². The average Bonchev–Trinajstić information content (AvgIpc) is 2.24. The predicted octanol–water partition coefficient (Wildman–Crippen LogP) is 2.03. The monoisotopic (exact) mass is 305 g/mol. The molecule has 0 unspecified atom stereocenters. The van der Waals surface area contributed by atoms with Crippen LogP contribution in [0.25, 0.3) is 0 Å². The summed E-state index contributed by atoms with van der Waals surface area (Å²) in [5.74, 6) is -0.259. The molecule has 0 heterocycles. The van der Waals surface area contributed by atoms with Gasteiger partial charge in [0.1, 0.15) is 5.82 Å². The van der Waals surface area contributed by atoms with Crippen molar-refractivity contribution in [1.82, 2.24) is 4.90 Å². The van der Waals surface area contributed by atoms with Gasteiger partial charge in [-0.3, -0.25) is 4.90 Å². The van der Waals surface area contributed by atoms with Crippen molar-refractivity contribution < 1.29 is 14.2 Å². The van der Waals surface area contributed by atoms with Gasteiger partial charge in [0.15, 0.2) is 0 Å². The zero-order valence-corrected chi connectivity index (χ0v) is 11.4. The fourth-order valence-electron chi connectivity index (χ4n) is 1.59. The van der Waals surface area contributed by atoms with E-state index in [4.69, 9.17) is 9.84 Å². The Kier molecular flexibility index (Phi) is 6.65. The van der Waals surface area contributed by atoms with Crippen LogP contribution < -0.4 is 0 Å². The molecule has 17 heavy (non-hydrogen) atoms. The van der Waals surface area contributed by atoms with Crippen LogP contribution in [-0.4, -0.2) is 43.4 Å². The molecular formula is C12H17BrFNO2. The zero-order valence-electron chi connectivity index (χ0n) is 9.83. The molecule has 0 fully saturated rings. The van der Waals surface area contributed by atoms with Gasteiger partial charge in [-0.1, -0.05) is 15.9 Å². The molecule has 0 bridgehead atoms. The Bertz CT molecular complexity index is 329. The van der Waals surface area contributed by atoms with E-state index in [2.05, 4.69) is 15.9 Å². The number of benzene rings is 1. The molecule has 0 aliphatic carbocycles. The van der Waals surface area contributed by atoms with E-state index < -0.39 is 0 Å². The van der Waals surface area contributed by atoms with Crippen LogP contribution in [0.5, 0.6) is 0 Å². The Morgan fingerprint density at radius 3 is 2.71 bits per heavy atom. The molecule has 1 aromatic carbocycles. The van der Waals surface area contributed by atoms with Gasteiger partial charge in [0, 0.05) is 31.2 Å². The van der Waals surface area contributed by atoms with Crippen molar-refractivity contribution in [2.45, 2.75) is 6.54 Å². The number of rotatable bonds is 7. The fraction of sp³-hybridized carbons (Fsp3) is 0.500. The van der Waals surface area contributed by atoms with Gasteiger partial charge in [0.05, 0.1) is 13.2 Å². The second kappa shape index (κ2) is 7.76. The van der Waals surface area contributed by atoms with Gasteiger partial charge in [0.2, 0.25) is 0 Å². The van der Waals surface area contributed by atoms with Crippen LogP contribution in [0.3, 0.4) is 0 Å². The van der Waals surface area contributed by atoms with Gasteiger partial charge in [-0.2, -0.15) is 0 Å². The summed E-state index contributed by atoms with van der Waals surface area (Å²) < 4.78 is 18.9. The molecule has 5 heteroatoms. The topological polar surface area (TPSA) is 32.7 Å². The van der Waals surface area contributed by atoms with Crippen molar-refractivity contribution in [2.75, 3.05) is 33.4 Å². The third kappa shape index (κ3) is 5.59. The minimum Gasteiger partial charge on any atom is -0.395 e. The minimum atomic E-state index is -0.259. The van der Waals surface area contributed by atoms with Crippen LogP contribution in [0.2, 0.25) is 0 Å². The summed E-state index contributed by atoms with van der Waals surface area (Å²) in [6, 6.07) is 4.80. The Balaban J connectivity index is 2.63. The summed E-state index contributed by atoms with van der Waals surface area (Å²) in [5, 5.41) is 8.96. The third-order valence-electron chi connectivity index (χ3n) is 2.36. The van der Waals surface area contributed by atoms with Crippen LogP contribution in [0.4, 0.5) is 4.39 Å². The quantitative estimate of drug-likeness (QED) is 0.837. The van der Waals surface area contributed by atoms with Crippen LogP contribution in [-0.2, 0) is 11.3 Å². The lowest BCUT2D eigenvalue weighted by molar-refractivity contribution is 0.127. The number of halogens is 2. The molecule has 1 N–H and O–H groups in total. The van der Waals surface area contributed by atoms with Gasteiger partial charge in [-0.25, -0.2) is 4.39 Å². The number of hydrogen-bond acceptors (Lipinski definition) is 3. The van der Waals surface area contributed by atoms with Crippen molar-refractivity contribution in [3.63, 3.8) is 0 Å². The number of ether oxygens (including phenoxy) is 1. The summed E-state index contributed by atoms with van der Waals surface area (Å²) in [4.78, 5) is 2.02. The summed E-state index contributed by atoms with van der Waals surface area (Å²) in [5.41, 5.74) is 0.876. The highest BCUT2D eigenvalue weighted by atomic mass is 79.9. The van der Waals surface area contributed by atoms with Crippen molar-refractivity contribution in [2.24, 2.45) is 0 Å². The maximum absolute atomic E-state index is 13.2. The lowest BCUT2D eigenvalue weighted by Crippen LogP contribution is -2.29. The van der Waals surface area contributed by atoms with E-state index in [1.165, 1.54) is 12.1 Å². The van der Waals surface area contributed by atoms with E-state index in [1.807, 2.05) is 11.0 Å². The summed E-state index contributed by atoms with van der Waals surface area (Å²) in [7, 11) is 1.63. The van der Waals surface area contributed by atoms with Gasteiger partial charge in [-0.05, 0) is 23.8 Å². The molecule has 96 valence electrons. The fourth-order valence-corrected chi connectivity index (χ4v) is 2.10. The molecule has 0 spiro atoms. The standard InChI is InChI=1S/C12H17BrFNO2/c1-17-5-3-15(2-4-16)9-10-6-11(13)8-12(14)7-10/h6-8,16H,2-5,9H2,1H3. The first-order chi connectivity index (χ1) is 8.15. The molecule has 0 atom stereocenters. The second-order valence-corrected chi connectivity index (χ2v) is 4.69. The highest BCUT2D eigenvalue weighted by Crippen LogP contribution is 2.16. The van der Waals surface area contributed by atoms with E-state index in [1.54, 1.807) is 7.11 Å². The van der Waals surface area contributed by atoms with Crippen molar-refractivity contribution in [3.05, 3.63) is 34.1 Å². The van der Waals surface area contributed by atoms with Crippen LogP contribution >= 0.6 is 15.9 Å². The summed E-state index contributed by atoms with van der Waals surface area (Å²) >= 11 is 3.26. The van der Waals surface area contributed by atoms with Crippen molar-refractivity contribution >= 4 is 15.9 Å². The second-order valence-electron chi connectivity index (χ2n) is 3.77. The third-order valence-corrected chi connectivity index (χ3v) is 2.81. The smallest absolute Gasteiger partial charge is 0.124 e. The molecule has 0 aromatic heterocycles. The average molecular weight is 306 g/mol. The molecule has 1 rings (SSSR count). The van der Waals surface area contributed by atoms with Crippen molar-refractivity contribution in [3.8, 4) is 0 Å². The number of nitrogens with zero attached hydrogens (tertiary/aromatic N) is 1. The Morgan fingerprint density at radius 1 is 1.35 bits per heavy atom. The Hall–Kier alpha value is -0.490. The number of methoxy groups -OCH3 is 1. The molecule has 0 aliphatic heterocycles. The maximum Gasteiger partial charge on any atom is 0.124 e. The van der Waals surface area contributed by atoms with E-state index in [0.29, 0.717) is 26.2 Å². The molecule has 0 aliphatic rings. The first-order valence-corrected chi connectivity index (χ1v) is 6.22. The molecule has 0 saturated carbocycles. The van der Waals surface area contributed by atoms with E-state index in [-0.39, 0.29) is 12.4 Å². The molecule has 0 amide bonds. The van der Waals surface area contributed by atoms with Crippen LogP contribution in [0, 0.1) is 5.82 Å². The number of aliphatic hydroxyl groups is 1. The first kappa shape index (κ1) is 14.6. The normalized spacial score (nSPS) is 11.1. The Morgan fingerprint density at radius 2 is 2.12 bits per heavy atom. The minimum absolute atomic E-state index is 0.0835. The zero-order chi connectivity index (χ0) is 12.7. The predicted molar refractivity (Wildman–Crippen MR) is 68.3 cm³/mol. The Labute approximate surface area is 109 Å². The van der Waals surface area contributed by atoms with Gasteiger partial charge in [0.25, 0.3) is 0 Å². The van der Waals surface area contributed by atoms with Gasteiger partial charge >= 0.3 is 0 Å². The molecular weight excluding hydrogens is 289 g/mol. The SMILES string of the molecule is COCCN(CCO)Cc1cc(F)cc(Br)c1. The summed E-state index contributed by atoms with van der Waals surface area (Å²) in [6.45, 7) is 2.54. The first-order valence-electron chi connectivity index (χ1n) is 5.43. The van der Waals surface area contributed by atoms with Crippen LogP contribution in [0.15, 0.2) is 22.7 Å². The largest absolute Gasteiger partial charge is 0.395 e. The molecule has 3 nitrogen and oxygen atoms in total. The highest BCUT2D eigenvalue weighted by molar-refractivity contribution is 9.10. The summed E-state index contributed by atoms with van der Waals surface area (Å²) in [6.07, 6.45) is 0. The number of hydrogen-bond donors (Lipinski definition) is 1. The van der Waals surface area contributed by atoms with Gasteiger partial charge < -0.3 is 9.84 Å². The van der Waals surface area contributed by atoms with Crippen molar-refractivity contribution in [1.29, 1.82) is 0 Å². The lowest BCUT2D eigenvalue weighted by atomic mass is 10.2. The lowest BCUT2D eigenvalue weighted by Gasteiger charge is -2.21. The molecule has 1 aromatic rings. The molecule has 0 saturated heterocycles. The van der Waals surface area contributed by atoms with E-state index in [0.717, 1.165) is 10.0 Å². The maximum atomic E-state index is 13.2. The number of aliphatic hydroxyl groups excluding tert-OH is 1.